The molecule has 108 valence electrons. The van der Waals surface area contributed by atoms with Gasteiger partial charge in [-0.05, 0) is 29.8 Å². The van der Waals surface area contributed by atoms with E-state index in [1.807, 2.05) is 6.07 Å². The van der Waals surface area contributed by atoms with E-state index in [2.05, 4.69) is 0 Å². The zero-order chi connectivity index (χ0) is 15.5. The van der Waals surface area contributed by atoms with Gasteiger partial charge in [-0.15, -0.1) is 0 Å². The number of rotatable bonds is 3. The fraction of sp³-hybridized carbons (Fsp3) is 0.133. The highest BCUT2D eigenvalue weighted by Crippen LogP contribution is 2.39. The van der Waals surface area contributed by atoms with Crippen molar-refractivity contribution in [3.05, 3.63) is 59.2 Å². The highest BCUT2D eigenvalue weighted by Gasteiger charge is 2.35. The summed E-state index contributed by atoms with van der Waals surface area (Å²) < 4.78 is 44.3. The van der Waals surface area contributed by atoms with Gasteiger partial charge < -0.3 is 9.84 Å². The molecule has 0 amide bonds. The Morgan fingerprint density at radius 2 is 1.81 bits per heavy atom. The van der Waals surface area contributed by atoms with Crippen LogP contribution in [0, 0.1) is 11.3 Å². The fourth-order valence-corrected chi connectivity index (χ4v) is 1.75. The highest BCUT2D eigenvalue weighted by atomic mass is 19.4. The van der Waals surface area contributed by atoms with Crippen molar-refractivity contribution in [2.24, 2.45) is 0 Å². The van der Waals surface area contributed by atoms with Crippen molar-refractivity contribution >= 4 is 0 Å². The lowest BCUT2D eigenvalue weighted by molar-refractivity contribution is -0.138. The van der Waals surface area contributed by atoms with Crippen molar-refractivity contribution in [1.82, 2.24) is 0 Å². The van der Waals surface area contributed by atoms with Crippen molar-refractivity contribution in [2.45, 2.75) is 12.8 Å². The molecule has 0 saturated heterocycles. The SMILES string of the molecule is N#Cc1ccccc1Oc1ccc(CO)cc1C(F)(F)F. The maximum absolute atomic E-state index is 13.0. The molecular formula is C15H10F3NO2. The quantitative estimate of drug-likeness (QED) is 0.934. The van der Waals surface area contributed by atoms with Crippen LogP contribution in [0.25, 0.3) is 0 Å². The zero-order valence-corrected chi connectivity index (χ0v) is 10.7. The van der Waals surface area contributed by atoms with Crippen molar-refractivity contribution in [2.75, 3.05) is 0 Å². The highest BCUT2D eigenvalue weighted by molar-refractivity contribution is 5.47. The molecule has 3 nitrogen and oxygen atoms in total. The maximum atomic E-state index is 13.0. The van der Waals surface area contributed by atoms with Gasteiger partial charge in [-0.3, -0.25) is 0 Å². The summed E-state index contributed by atoms with van der Waals surface area (Å²) in [6.07, 6.45) is -4.62. The minimum atomic E-state index is -4.62. The first kappa shape index (κ1) is 14.9. The van der Waals surface area contributed by atoms with Gasteiger partial charge >= 0.3 is 6.18 Å². The summed E-state index contributed by atoms with van der Waals surface area (Å²) in [7, 11) is 0. The molecule has 0 fully saturated rings. The summed E-state index contributed by atoms with van der Waals surface area (Å²) in [4.78, 5) is 0. The third-order valence-electron chi connectivity index (χ3n) is 2.76. The number of para-hydroxylation sites is 1. The van der Waals surface area contributed by atoms with E-state index in [4.69, 9.17) is 15.1 Å². The lowest BCUT2D eigenvalue weighted by Gasteiger charge is -2.15. The molecule has 0 unspecified atom stereocenters. The van der Waals surface area contributed by atoms with Crippen molar-refractivity contribution < 1.29 is 23.0 Å². The van der Waals surface area contributed by atoms with Gasteiger partial charge in [0.25, 0.3) is 0 Å². The zero-order valence-electron chi connectivity index (χ0n) is 10.7. The molecule has 0 aliphatic rings. The number of aliphatic hydroxyl groups is 1. The van der Waals surface area contributed by atoms with Crippen LogP contribution in [0.1, 0.15) is 16.7 Å². The van der Waals surface area contributed by atoms with Gasteiger partial charge in [0.05, 0.1) is 17.7 Å². The summed E-state index contributed by atoms with van der Waals surface area (Å²) in [6, 6.07) is 11.1. The number of hydrogen-bond donors (Lipinski definition) is 1. The van der Waals surface area contributed by atoms with Crippen LogP contribution < -0.4 is 4.74 Å². The van der Waals surface area contributed by atoms with Gasteiger partial charge in [-0.25, -0.2) is 0 Å². The number of nitrogens with zero attached hydrogens (tertiary/aromatic N) is 1. The first-order valence-electron chi connectivity index (χ1n) is 5.93. The van der Waals surface area contributed by atoms with Crippen LogP contribution in [0.2, 0.25) is 0 Å². The van der Waals surface area contributed by atoms with E-state index in [9.17, 15) is 13.2 Å². The summed E-state index contributed by atoms with van der Waals surface area (Å²) >= 11 is 0. The van der Waals surface area contributed by atoms with Crippen LogP contribution in [0.3, 0.4) is 0 Å². The molecule has 0 atom stereocenters. The predicted molar refractivity (Wildman–Crippen MR) is 68.6 cm³/mol. The first-order valence-corrected chi connectivity index (χ1v) is 5.93. The number of halogens is 3. The second kappa shape index (κ2) is 5.85. The smallest absolute Gasteiger partial charge is 0.419 e. The molecule has 0 radical (unpaired) electrons. The van der Waals surface area contributed by atoms with Crippen LogP contribution in [-0.2, 0) is 12.8 Å². The molecule has 1 N–H and O–H groups in total. The third-order valence-corrected chi connectivity index (χ3v) is 2.76. The van der Waals surface area contributed by atoms with Crippen LogP contribution in [0.5, 0.6) is 11.5 Å². The van der Waals surface area contributed by atoms with Gasteiger partial charge in [0.2, 0.25) is 0 Å². The molecule has 0 aliphatic carbocycles. The van der Waals surface area contributed by atoms with E-state index < -0.39 is 24.1 Å². The molecule has 2 aromatic carbocycles. The molecule has 2 rings (SSSR count). The Bertz CT molecular complexity index is 690. The van der Waals surface area contributed by atoms with Crippen LogP contribution >= 0.6 is 0 Å². The molecular weight excluding hydrogens is 283 g/mol. The van der Waals surface area contributed by atoms with Crippen LogP contribution in [-0.4, -0.2) is 5.11 Å². The van der Waals surface area contributed by atoms with E-state index >= 15 is 0 Å². The van der Waals surface area contributed by atoms with Crippen molar-refractivity contribution in [1.29, 1.82) is 5.26 Å². The number of benzene rings is 2. The summed E-state index contributed by atoms with van der Waals surface area (Å²) in [5.74, 6) is -0.371. The molecule has 2 aromatic rings. The molecule has 0 aromatic heterocycles. The number of ether oxygens (including phenoxy) is 1. The van der Waals surface area contributed by atoms with E-state index in [1.165, 1.54) is 18.2 Å². The molecule has 0 bridgehead atoms. The van der Waals surface area contributed by atoms with Gasteiger partial charge in [-0.2, -0.15) is 18.4 Å². The van der Waals surface area contributed by atoms with Gasteiger partial charge in [0, 0.05) is 0 Å². The topological polar surface area (TPSA) is 53.2 Å². The Morgan fingerprint density at radius 3 is 2.43 bits per heavy atom. The lowest BCUT2D eigenvalue weighted by atomic mass is 10.1. The fourth-order valence-electron chi connectivity index (χ4n) is 1.75. The largest absolute Gasteiger partial charge is 0.455 e. The van der Waals surface area contributed by atoms with E-state index in [1.54, 1.807) is 12.1 Å². The van der Waals surface area contributed by atoms with Crippen LogP contribution in [0.15, 0.2) is 42.5 Å². The van der Waals surface area contributed by atoms with Crippen LogP contribution in [0.4, 0.5) is 13.2 Å². The third kappa shape index (κ3) is 3.33. The normalized spacial score (nSPS) is 11.0. The average Bonchev–Trinajstić information content (AvgIpc) is 2.47. The molecule has 0 spiro atoms. The molecule has 21 heavy (non-hydrogen) atoms. The number of aliphatic hydroxyl groups excluding tert-OH is 1. The monoisotopic (exact) mass is 293 g/mol. The average molecular weight is 293 g/mol. The Kier molecular flexibility index (Phi) is 4.15. The van der Waals surface area contributed by atoms with Gasteiger partial charge in [-0.1, -0.05) is 18.2 Å². The molecule has 0 aliphatic heterocycles. The van der Waals surface area contributed by atoms with Gasteiger partial charge in [0.15, 0.2) is 0 Å². The van der Waals surface area contributed by atoms with Gasteiger partial charge in [0.1, 0.15) is 17.6 Å². The van der Waals surface area contributed by atoms with Crippen molar-refractivity contribution in [3.8, 4) is 17.6 Å². The Hall–Kier alpha value is -2.52. The van der Waals surface area contributed by atoms with Crippen molar-refractivity contribution in [3.63, 3.8) is 0 Å². The Balaban J connectivity index is 2.47. The molecule has 6 heteroatoms. The molecule has 0 heterocycles. The summed E-state index contributed by atoms with van der Waals surface area (Å²) in [5.41, 5.74) is -0.734. The standard InChI is InChI=1S/C15H10F3NO2/c16-15(17,18)12-7-10(9-20)5-6-14(12)21-13-4-2-1-3-11(13)8-19/h1-7,20H,9H2. The summed E-state index contributed by atoms with van der Waals surface area (Å²) in [5, 5.41) is 17.9. The van der Waals surface area contributed by atoms with E-state index in [0.717, 1.165) is 12.1 Å². The molecule has 0 saturated carbocycles. The van der Waals surface area contributed by atoms with E-state index in [-0.39, 0.29) is 16.9 Å². The second-order valence-electron chi connectivity index (χ2n) is 4.20. The summed E-state index contributed by atoms with van der Waals surface area (Å²) in [6.45, 7) is -0.502. The number of nitriles is 1. The maximum Gasteiger partial charge on any atom is 0.419 e. The predicted octanol–water partition coefficient (Wildman–Crippen LogP) is 3.86. The van der Waals surface area contributed by atoms with E-state index in [0.29, 0.717) is 0 Å². The Morgan fingerprint density at radius 1 is 1.10 bits per heavy atom. The minimum Gasteiger partial charge on any atom is -0.455 e. The number of hydrogen-bond acceptors (Lipinski definition) is 3. The minimum absolute atomic E-state index is 0.0437. The Labute approximate surface area is 118 Å². The first-order chi connectivity index (χ1) is 9.95. The number of alkyl halides is 3. The lowest BCUT2D eigenvalue weighted by Crippen LogP contribution is -2.08. The second-order valence-corrected chi connectivity index (χ2v) is 4.20.